The number of carbonyl (C=O) groups excluding carboxylic acids is 1. The molecule has 0 fully saturated rings. The van der Waals surface area contributed by atoms with E-state index in [9.17, 15) is 4.79 Å². The number of imidazole rings is 1. The number of H-pyrrole nitrogens is 1. The van der Waals surface area contributed by atoms with Gasteiger partial charge >= 0.3 is 6.09 Å². The molecule has 0 bridgehead atoms. The summed E-state index contributed by atoms with van der Waals surface area (Å²) in [6.07, 6.45) is 3.28. The van der Waals surface area contributed by atoms with Crippen LogP contribution in [0.25, 0.3) is 33.2 Å². The molecule has 5 aromatic rings. The number of alkyl carbamates (subject to hydrolysis) is 1. The fourth-order valence-corrected chi connectivity index (χ4v) is 4.70. The van der Waals surface area contributed by atoms with Crippen LogP contribution >= 0.6 is 11.6 Å². The third kappa shape index (κ3) is 6.33. The summed E-state index contributed by atoms with van der Waals surface area (Å²) in [5.41, 5.74) is 4.22. The van der Waals surface area contributed by atoms with Crippen LogP contribution in [-0.4, -0.2) is 68.7 Å². The fourth-order valence-electron chi connectivity index (χ4n) is 4.56. The average molecular weight is 593 g/mol. The van der Waals surface area contributed by atoms with Crippen molar-refractivity contribution in [1.29, 1.82) is 0 Å². The van der Waals surface area contributed by atoms with Crippen LogP contribution in [-0.2, 0) is 11.3 Å². The number of aryl methyl sites for hydroxylation is 1. The number of amides is 1. The van der Waals surface area contributed by atoms with Gasteiger partial charge in [-0.2, -0.15) is 5.10 Å². The molecule has 0 saturated carbocycles. The molecule has 12 nitrogen and oxygen atoms in total. The lowest BCUT2D eigenvalue weighted by Gasteiger charge is -2.19. The molecule has 1 aromatic carbocycles. The lowest BCUT2D eigenvalue weighted by molar-refractivity contribution is 0.0530. The van der Waals surface area contributed by atoms with Gasteiger partial charge in [0, 0.05) is 36.4 Å². The van der Waals surface area contributed by atoms with E-state index in [1.807, 2.05) is 52.1 Å². The third-order valence-electron chi connectivity index (χ3n) is 6.38. The summed E-state index contributed by atoms with van der Waals surface area (Å²) in [7, 11) is 3.22. The van der Waals surface area contributed by atoms with Crippen molar-refractivity contribution in [1.82, 2.24) is 35.0 Å². The molecular formula is C29H33ClN8O4. The molecule has 13 heteroatoms. The van der Waals surface area contributed by atoms with Gasteiger partial charge in [0.15, 0.2) is 23.0 Å². The standard InChI is InChI=1S/C29H33ClN8O4/c1-16-11-21(40-5)22(41-6)12-17(16)18-13-33-27(31-9-10-32-28(39)42-29(2,3)4)25-19(18)14-38(37-25)15-24-34-20-7-8-23(30)35-26(20)36-24/h7-8,11-14H,9-10,15H2,1-6H3,(H,31,33)(H,32,39)(H,34,35,36). The number of carbonyl (C=O) groups is 1. The molecule has 0 aliphatic rings. The molecule has 4 heterocycles. The molecule has 5 rings (SSSR count). The lowest BCUT2D eigenvalue weighted by Crippen LogP contribution is -2.35. The number of anilines is 1. The predicted molar refractivity (Wildman–Crippen MR) is 162 cm³/mol. The van der Waals surface area contributed by atoms with Crippen molar-refractivity contribution < 1.29 is 19.0 Å². The minimum atomic E-state index is -0.571. The van der Waals surface area contributed by atoms with Gasteiger partial charge in [0.2, 0.25) is 0 Å². The van der Waals surface area contributed by atoms with Crippen LogP contribution in [0.1, 0.15) is 32.2 Å². The second-order valence-electron chi connectivity index (χ2n) is 10.7. The van der Waals surface area contributed by atoms with E-state index in [1.54, 1.807) is 31.2 Å². The number of aromatic amines is 1. The Labute approximate surface area is 247 Å². The van der Waals surface area contributed by atoms with Crippen LogP contribution < -0.4 is 20.1 Å². The number of hydrogen-bond acceptors (Lipinski definition) is 9. The molecule has 0 spiro atoms. The predicted octanol–water partition coefficient (Wildman–Crippen LogP) is 5.33. The fraction of sp³-hybridized carbons (Fsp3) is 0.345. The van der Waals surface area contributed by atoms with Crippen molar-refractivity contribution in [2.75, 3.05) is 32.6 Å². The highest BCUT2D eigenvalue weighted by atomic mass is 35.5. The second kappa shape index (κ2) is 11.7. The van der Waals surface area contributed by atoms with Crippen LogP contribution in [0, 0.1) is 6.92 Å². The molecular weight excluding hydrogens is 560 g/mol. The number of nitrogens with zero attached hydrogens (tertiary/aromatic N) is 5. The number of benzene rings is 1. The van der Waals surface area contributed by atoms with Crippen molar-refractivity contribution in [2.24, 2.45) is 0 Å². The van der Waals surface area contributed by atoms with Gasteiger partial charge in [-0.15, -0.1) is 0 Å². The first-order valence-corrected chi connectivity index (χ1v) is 13.7. The zero-order chi connectivity index (χ0) is 30.0. The number of halogens is 1. The number of pyridine rings is 2. The highest BCUT2D eigenvalue weighted by Gasteiger charge is 2.19. The molecule has 0 unspecified atom stereocenters. The zero-order valence-electron chi connectivity index (χ0n) is 24.3. The Balaban J connectivity index is 1.48. The van der Waals surface area contributed by atoms with Crippen molar-refractivity contribution in [3.05, 3.63) is 53.2 Å². The second-order valence-corrected chi connectivity index (χ2v) is 11.1. The number of methoxy groups -OCH3 is 2. The van der Waals surface area contributed by atoms with Gasteiger partial charge in [0.05, 0.1) is 26.3 Å². The molecule has 1 amide bonds. The summed E-state index contributed by atoms with van der Waals surface area (Å²) in [4.78, 5) is 28.9. The topological polar surface area (TPSA) is 141 Å². The van der Waals surface area contributed by atoms with E-state index in [0.717, 1.165) is 27.6 Å². The zero-order valence-corrected chi connectivity index (χ0v) is 25.1. The Morgan fingerprint density at radius 2 is 1.83 bits per heavy atom. The Hall–Kier alpha value is -4.58. The maximum absolute atomic E-state index is 12.0. The maximum Gasteiger partial charge on any atom is 0.407 e. The summed E-state index contributed by atoms with van der Waals surface area (Å²) in [6, 6.07) is 7.43. The van der Waals surface area contributed by atoms with Crippen LogP contribution in [0.5, 0.6) is 11.5 Å². The van der Waals surface area contributed by atoms with E-state index in [-0.39, 0.29) is 0 Å². The normalized spacial score (nSPS) is 11.6. The van der Waals surface area contributed by atoms with Gasteiger partial charge in [-0.1, -0.05) is 11.6 Å². The van der Waals surface area contributed by atoms with E-state index in [1.165, 1.54) is 0 Å². The van der Waals surface area contributed by atoms with Crippen molar-refractivity contribution in [3.8, 4) is 22.6 Å². The number of rotatable bonds is 9. The quantitative estimate of drug-likeness (QED) is 0.153. The molecule has 42 heavy (non-hydrogen) atoms. The number of aromatic nitrogens is 6. The van der Waals surface area contributed by atoms with Gasteiger partial charge in [-0.05, 0) is 63.1 Å². The van der Waals surface area contributed by atoms with E-state index in [0.29, 0.717) is 59.1 Å². The Morgan fingerprint density at radius 1 is 1.07 bits per heavy atom. The first kappa shape index (κ1) is 28.9. The largest absolute Gasteiger partial charge is 0.493 e. The van der Waals surface area contributed by atoms with Gasteiger partial charge in [0.25, 0.3) is 0 Å². The van der Waals surface area contributed by atoms with Gasteiger partial charge in [-0.3, -0.25) is 4.68 Å². The lowest BCUT2D eigenvalue weighted by atomic mass is 9.98. The summed E-state index contributed by atoms with van der Waals surface area (Å²) in [6.45, 7) is 8.59. The smallest absolute Gasteiger partial charge is 0.407 e. The minimum absolute atomic E-state index is 0.337. The Bertz CT molecular complexity index is 1760. The van der Waals surface area contributed by atoms with E-state index in [2.05, 4.69) is 25.6 Å². The van der Waals surface area contributed by atoms with Crippen LogP contribution in [0.3, 0.4) is 0 Å². The monoisotopic (exact) mass is 592 g/mol. The average Bonchev–Trinajstić information content (AvgIpc) is 3.53. The van der Waals surface area contributed by atoms with E-state index in [4.69, 9.17) is 35.9 Å². The number of fused-ring (bicyclic) bond motifs is 2. The molecule has 0 aliphatic carbocycles. The van der Waals surface area contributed by atoms with Crippen molar-refractivity contribution in [3.63, 3.8) is 0 Å². The number of ether oxygens (including phenoxy) is 3. The highest BCUT2D eigenvalue weighted by molar-refractivity contribution is 6.29. The van der Waals surface area contributed by atoms with E-state index < -0.39 is 11.7 Å². The summed E-state index contributed by atoms with van der Waals surface area (Å²) in [5, 5.41) is 12.2. The molecule has 3 N–H and O–H groups in total. The number of hydrogen-bond donors (Lipinski definition) is 3. The minimum Gasteiger partial charge on any atom is -0.493 e. The third-order valence-corrected chi connectivity index (χ3v) is 6.59. The van der Waals surface area contributed by atoms with Gasteiger partial charge in [-0.25, -0.2) is 19.7 Å². The van der Waals surface area contributed by atoms with E-state index >= 15 is 0 Å². The van der Waals surface area contributed by atoms with Crippen LogP contribution in [0.2, 0.25) is 5.15 Å². The summed E-state index contributed by atoms with van der Waals surface area (Å²) < 4.78 is 18.2. The van der Waals surface area contributed by atoms with Crippen LogP contribution in [0.15, 0.2) is 36.7 Å². The summed E-state index contributed by atoms with van der Waals surface area (Å²) >= 11 is 6.04. The molecule has 4 aromatic heterocycles. The molecule has 0 aliphatic heterocycles. The maximum atomic E-state index is 12.0. The molecule has 220 valence electrons. The van der Waals surface area contributed by atoms with Crippen LogP contribution in [0.4, 0.5) is 10.6 Å². The highest BCUT2D eigenvalue weighted by Crippen LogP contribution is 2.39. The first-order valence-electron chi connectivity index (χ1n) is 13.4. The SMILES string of the molecule is COc1cc(C)c(-c2cnc(NCCNC(=O)OC(C)(C)C)c3nn(Cc4nc5nc(Cl)ccc5[nH]4)cc23)cc1OC. The van der Waals surface area contributed by atoms with Gasteiger partial charge < -0.3 is 29.8 Å². The first-order chi connectivity index (χ1) is 20.0. The van der Waals surface area contributed by atoms with Crippen molar-refractivity contribution in [2.45, 2.75) is 39.8 Å². The molecule has 0 saturated heterocycles. The Kier molecular flexibility index (Phi) is 8.08. The molecule has 0 radical (unpaired) electrons. The van der Waals surface area contributed by atoms with Crippen molar-refractivity contribution >= 4 is 45.6 Å². The summed E-state index contributed by atoms with van der Waals surface area (Å²) in [5.74, 6) is 2.52. The Morgan fingerprint density at radius 3 is 2.57 bits per heavy atom. The number of nitrogens with one attached hydrogen (secondary N) is 3. The molecule has 0 atom stereocenters. The van der Waals surface area contributed by atoms with Gasteiger partial charge in [0.1, 0.15) is 22.1 Å².